The molecule has 8 heteroatoms. The molecule has 0 saturated carbocycles. The monoisotopic (exact) mass is 434 g/mol. The van der Waals surface area contributed by atoms with Crippen molar-refractivity contribution in [2.75, 3.05) is 58.8 Å². The van der Waals surface area contributed by atoms with Crippen molar-refractivity contribution in [2.24, 2.45) is 0 Å². The summed E-state index contributed by atoms with van der Waals surface area (Å²) in [5.41, 5.74) is 2.57. The van der Waals surface area contributed by atoms with Crippen LogP contribution in [0.2, 0.25) is 0 Å². The van der Waals surface area contributed by atoms with Gasteiger partial charge >= 0.3 is 0 Å². The van der Waals surface area contributed by atoms with Gasteiger partial charge in [-0.3, -0.25) is 4.90 Å². The molecule has 0 aromatic heterocycles. The van der Waals surface area contributed by atoms with Gasteiger partial charge in [-0.1, -0.05) is 12.1 Å². The number of hydrogen-bond acceptors (Lipinski definition) is 5. The number of benzene rings is 2. The van der Waals surface area contributed by atoms with Gasteiger partial charge in [0.25, 0.3) is 0 Å². The SMILES string of the molecule is Cc1cc(F)ccc1S(=O)(=O)NCC(c1ccc(N(C)C)cc1)N1CCN(C)CC1. The van der Waals surface area contributed by atoms with E-state index in [-0.39, 0.29) is 17.5 Å². The lowest BCUT2D eigenvalue weighted by atomic mass is 10.0. The first-order valence-corrected chi connectivity index (χ1v) is 11.6. The summed E-state index contributed by atoms with van der Waals surface area (Å²) in [5, 5.41) is 0. The molecule has 0 spiro atoms. The van der Waals surface area contributed by atoms with Gasteiger partial charge in [0, 0.05) is 58.5 Å². The topological polar surface area (TPSA) is 55.9 Å². The van der Waals surface area contributed by atoms with E-state index >= 15 is 0 Å². The van der Waals surface area contributed by atoms with Crippen molar-refractivity contribution in [1.82, 2.24) is 14.5 Å². The maximum atomic E-state index is 13.4. The van der Waals surface area contributed by atoms with Crippen LogP contribution < -0.4 is 9.62 Å². The average Bonchev–Trinajstić information content (AvgIpc) is 2.69. The molecule has 1 aliphatic heterocycles. The molecule has 1 aliphatic rings. The third-order valence-corrected chi connectivity index (χ3v) is 7.25. The van der Waals surface area contributed by atoms with Gasteiger partial charge < -0.3 is 9.80 Å². The molecule has 30 heavy (non-hydrogen) atoms. The normalized spacial score (nSPS) is 17.1. The molecule has 6 nitrogen and oxygen atoms in total. The van der Waals surface area contributed by atoms with Gasteiger partial charge in [0.2, 0.25) is 10.0 Å². The summed E-state index contributed by atoms with van der Waals surface area (Å²) in [5.74, 6) is -0.442. The van der Waals surface area contributed by atoms with Gasteiger partial charge in [-0.05, 0) is 55.4 Å². The largest absolute Gasteiger partial charge is 0.378 e. The van der Waals surface area contributed by atoms with E-state index in [2.05, 4.69) is 45.8 Å². The molecule has 0 radical (unpaired) electrons. The number of likely N-dealkylation sites (N-methyl/N-ethyl adjacent to an activating group) is 1. The van der Waals surface area contributed by atoms with Crippen LogP contribution in [-0.2, 0) is 10.0 Å². The third kappa shape index (κ3) is 5.37. The number of piperazine rings is 1. The molecular formula is C22H31FN4O2S. The highest BCUT2D eigenvalue weighted by molar-refractivity contribution is 7.89. The van der Waals surface area contributed by atoms with Crippen LogP contribution in [0.5, 0.6) is 0 Å². The fraction of sp³-hybridized carbons (Fsp3) is 0.455. The first-order valence-electron chi connectivity index (χ1n) is 10.1. The predicted molar refractivity (Wildman–Crippen MR) is 119 cm³/mol. The first kappa shape index (κ1) is 22.7. The Bertz CT molecular complexity index is 956. The lowest BCUT2D eigenvalue weighted by Crippen LogP contribution is -2.48. The van der Waals surface area contributed by atoms with Crippen molar-refractivity contribution < 1.29 is 12.8 Å². The fourth-order valence-electron chi connectivity index (χ4n) is 3.77. The number of anilines is 1. The average molecular weight is 435 g/mol. The highest BCUT2D eigenvalue weighted by atomic mass is 32.2. The zero-order valence-electron chi connectivity index (χ0n) is 18.1. The summed E-state index contributed by atoms with van der Waals surface area (Å²) in [7, 11) is 2.34. The molecule has 0 bridgehead atoms. The van der Waals surface area contributed by atoms with Gasteiger partial charge in [0.05, 0.1) is 4.90 Å². The molecule has 1 fully saturated rings. The number of nitrogens with one attached hydrogen (secondary N) is 1. The van der Waals surface area contributed by atoms with Crippen molar-refractivity contribution in [3.8, 4) is 0 Å². The minimum atomic E-state index is -3.74. The molecule has 1 unspecified atom stereocenters. The molecule has 1 saturated heterocycles. The van der Waals surface area contributed by atoms with Crippen molar-refractivity contribution in [3.05, 3.63) is 59.4 Å². The van der Waals surface area contributed by atoms with E-state index in [1.807, 2.05) is 19.0 Å². The van der Waals surface area contributed by atoms with E-state index in [1.54, 1.807) is 6.92 Å². The Balaban J connectivity index is 1.83. The highest BCUT2D eigenvalue weighted by Gasteiger charge is 2.26. The Kier molecular flexibility index (Phi) is 7.13. The standard InChI is InChI=1S/C22H31FN4O2S/c1-17-15-19(23)7-10-22(17)30(28,29)24-16-21(27-13-11-26(4)12-14-27)18-5-8-20(9-6-18)25(2)3/h5-10,15,21,24H,11-14,16H2,1-4H3. The summed E-state index contributed by atoms with van der Waals surface area (Å²) in [4.78, 5) is 6.75. The van der Waals surface area contributed by atoms with Crippen molar-refractivity contribution in [3.63, 3.8) is 0 Å². The number of halogens is 1. The Morgan fingerprint density at radius 2 is 1.70 bits per heavy atom. The number of sulfonamides is 1. The number of rotatable bonds is 7. The smallest absolute Gasteiger partial charge is 0.240 e. The lowest BCUT2D eigenvalue weighted by molar-refractivity contribution is 0.113. The summed E-state index contributed by atoms with van der Waals surface area (Å²) >= 11 is 0. The molecule has 1 heterocycles. The summed E-state index contributed by atoms with van der Waals surface area (Å²) in [6, 6.07) is 11.9. The molecule has 0 aliphatic carbocycles. The third-order valence-electron chi connectivity index (χ3n) is 5.67. The summed E-state index contributed by atoms with van der Waals surface area (Å²) in [6.07, 6.45) is 0. The van der Waals surface area contributed by atoms with Gasteiger partial charge in [0.1, 0.15) is 5.82 Å². The van der Waals surface area contributed by atoms with E-state index in [0.717, 1.165) is 37.4 Å². The minimum absolute atomic E-state index is 0.0783. The van der Waals surface area contributed by atoms with Crippen LogP contribution in [0.4, 0.5) is 10.1 Å². The molecular weight excluding hydrogens is 403 g/mol. The number of nitrogens with zero attached hydrogens (tertiary/aromatic N) is 3. The zero-order valence-corrected chi connectivity index (χ0v) is 18.9. The van der Waals surface area contributed by atoms with E-state index < -0.39 is 15.8 Å². The molecule has 1 N–H and O–H groups in total. The maximum Gasteiger partial charge on any atom is 0.240 e. The molecule has 3 rings (SSSR count). The Labute approximate surface area is 179 Å². The molecule has 0 amide bonds. The van der Waals surface area contributed by atoms with Gasteiger partial charge in [-0.15, -0.1) is 0 Å². The number of hydrogen-bond donors (Lipinski definition) is 1. The van der Waals surface area contributed by atoms with Crippen LogP contribution in [0.25, 0.3) is 0 Å². The predicted octanol–water partition coefficient (Wildman–Crippen LogP) is 2.47. The summed E-state index contributed by atoms with van der Waals surface area (Å²) < 4.78 is 42.0. The second-order valence-corrected chi connectivity index (χ2v) is 9.84. The molecule has 1 atom stereocenters. The van der Waals surface area contributed by atoms with Crippen molar-refractivity contribution in [1.29, 1.82) is 0 Å². The van der Waals surface area contributed by atoms with Crippen LogP contribution in [0.15, 0.2) is 47.4 Å². The molecule has 164 valence electrons. The Hall–Kier alpha value is -2.00. The Morgan fingerprint density at radius 1 is 1.07 bits per heavy atom. The number of aryl methyl sites for hydroxylation is 1. The fourth-order valence-corrected chi connectivity index (χ4v) is 5.03. The van der Waals surface area contributed by atoms with Crippen molar-refractivity contribution in [2.45, 2.75) is 17.9 Å². The highest BCUT2D eigenvalue weighted by Crippen LogP contribution is 2.25. The second kappa shape index (κ2) is 9.43. The van der Waals surface area contributed by atoms with Crippen LogP contribution in [0, 0.1) is 12.7 Å². The van der Waals surface area contributed by atoms with Crippen molar-refractivity contribution >= 4 is 15.7 Å². The maximum absolute atomic E-state index is 13.4. The van der Waals surface area contributed by atoms with Gasteiger partial charge in [0.15, 0.2) is 0 Å². The van der Waals surface area contributed by atoms with E-state index in [4.69, 9.17) is 0 Å². The van der Waals surface area contributed by atoms with Gasteiger partial charge in [-0.25, -0.2) is 17.5 Å². The molecule has 2 aromatic carbocycles. The van der Waals surface area contributed by atoms with Crippen LogP contribution >= 0.6 is 0 Å². The Morgan fingerprint density at radius 3 is 2.27 bits per heavy atom. The van der Waals surface area contributed by atoms with Crippen LogP contribution in [-0.4, -0.2) is 72.1 Å². The summed E-state index contributed by atoms with van der Waals surface area (Å²) in [6.45, 7) is 5.48. The van der Waals surface area contributed by atoms with E-state index in [0.29, 0.717) is 5.56 Å². The van der Waals surface area contributed by atoms with Crippen LogP contribution in [0.1, 0.15) is 17.2 Å². The quantitative estimate of drug-likeness (QED) is 0.726. The van der Waals surface area contributed by atoms with E-state index in [1.165, 1.54) is 18.2 Å². The zero-order chi connectivity index (χ0) is 21.9. The second-order valence-electron chi connectivity index (χ2n) is 8.10. The van der Waals surface area contributed by atoms with E-state index in [9.17, 15) is 12.8 Å². The van der Waals surface area contributed by atoms with Gasteiger partial charge in [-0.2, -0.15) is 0 Å². The van der Waals surface area contributed by atoms with Crippen LogP contribution in [0.3, 0.4) is 0 Å². The minimum Gasteiger partial charge on any atom is -0.378 e. The molecule has 2 aromatic rings. The lowest BCUT2D eigenvalue weighted by Gasteiger charge is -2.38. The first-order chi connectivity index (χ1) is 14.2.